The van der Waals surface area contributed by atoms with Gasteiger partial charge in [0.1, 0.15) is 5.82 Å². The fourth-order valence-corrected chi connectivity index (χ4v) is 5.63. The third-order valence-corrected chi connectivity index (χ3v) is 7.88. The van der Waals surface area contributed by atoms with Gasteiger partial charge in [0.2, 0.25) is 0 Å². The Balaban J connectivity index is 1.40. The SMILES string of the molecule is O=C(O)c1cc(NS(=O)(=O)c2cccc(F)c2)ccc1N1CCC(CCN2CCOCC2)CC1. The quantitative estimate of drug-likeness (QED) is 0.585. The van der Waals surface area contributed by atoms with E-state index < -0.39 is 21.8 Å². The monoisotopic (exact) mass is 491 g/mol. The van der Waals surface area contributed by atoms with Gasteiger partial charge in [-0.2, -0.15) is 0 Å². The van der Waals surface area contributed by atoms with Gasteiger partial charge in [0, 0.05) is 31.9 Å². The van der Waals surface area contributed by atoms with Crippen molar-refractivity contribution >= 4 is 27.4 Å². The third-order valence-electron chi connectivity index (χ3n) is 6.50. The third kappa shape index (κ3) is 6.05. The number of rotatable bonds is 8. The number of carbonyl (C=O) groups is 1. The molecule has 4 rings (SSSR count). The Labute approximate surface area is 199 Å². The Morgan fingerprint density at radius 2 is 1.82 bits per heavy atom. The zero-order valence-electron chi connectivity index (χ0n) is 19.0. The van der Waals surface area contributed by atoms with Gasteiger partial charge >= 0.3 is 5.97 Å². The Morgan fingerprint density at radius 1 is 1.09 bits per heavy atom. The van der Waals surface area contributed by atoms with Crippen LogP contribution >= 0.6 is 0 Å². The lowest BCUT2D eigenvalue weighted by Gasteiger charge is -2.35. The number of ether oxygens (including phenoxy) is 1. The molecule has 2 aromatic carbocycles. The molecule has 34 heavy (non-hydrogen) atoms. The number of benzene rings is 2. The Bertz CT molecular complexity index is 1110. The summed E-state index contributed by atoms with van der Waals surface area (Å²) in [5.41, 5.74) is 0.727. The van der Waals surface area contributed by atoms with Crippen molar-refractivity contribution in [1.82, 2.24) is 4.90 Å². The van der Waals surface area contributed by atoms with Crippen LogP contribution in [0.25, 0.3) is 0 Å². The zero-order chi connectivity index (χ0) is 24.1. The van der Waals surface area contributed by atoms with Crippen molar-refractivity contribution in [2.24, 2.45) is 5.92 Å². The Kier molecular flexibility index (Phi) is 7.70. The summed E-state index contributed by atoms with van der Waals surface area (Å²) in [4.78, 5) is 16.2. The topological polar surface area (TPSA) is 99.2 Å². The van der Waals surface area contributed by atoms with Gasteiger partial charge in [0.25, 0.3) is 10.0 Å². The molecule has 2 heterocycles. The van der Waals surface area contributed by atoms with Crippen molar-refractivity contribution in [2.75, 3.05) is 55.6 Å². The second-order valence-electron chi connectivity index (χ2n) is 8.77. The summed E-state index contributed by atoms with van der Waals surface area (Å²) in [6.45, 7) is 6.13. The number of carboxylic acids is 1. The van der Waals surface area contributed by atoms with E-state index in [0.717, 1.165) is 77.3 Å². The van der Waals surface area contributed by atoms with Crippen LogP contribution in [0, 0.1) is 11.7 Å². The molecular weight excluding hydrogens is 461 g/mol. The fraction of sp³-hybridized carbons (Fsp3) is 0.458. The van der Waals surface area contributed by atoms with Gasteiger partial charge in [-0.3, -0.25) is 9.62 Å². The zero-order valence-corrected chi connectivity index (χ0v) is 19.8. The molecule has 184 valence electrons. The summed E-state index contributed by atoms with van der Waals surface area (Å²) in [5.74, 6) is -1.20. The van der Waals surface area contributed by atoms with Crippen LogP contribution in [0.1, 0.15) is 29.6 Å². The van der Waals surface area contributed by atoms with E-state index in [1.807, 2.05) is 0 Å². The van der Waals surface area contributed by atoms with E-state index >= 15 is 0 Å². The molecule has 2 aliphatic heterocycles. The molecule has 0 aromatic heterocycles. The summed E-state index contributed by atoms with van der Waals surface area (Å²) in [6.07, 6.45) is 3.09. The molecule has 0 saturated carbocycles. The molecule has 2 aliphatic rings. The van der Waals surface area contributed by atoms with Crippen molar-refractivity contribution in [2.45, 2.75) is 24.2 Å². The first-order chi connectivity index (χ1) is 16.3. The highest BCUT2D eigenvalue weighted by molar-refractivity contribution is 7.92. The summed E-state index contributed by atoms with van der Waals surface area (Å²) < 4.78 is 46.4. The van der Waals surface area contributed by atoms with Crippen molar-refractivity contribution in [1.29, 1.82) is 0 Å². The Morgan fingerprint density at radius 3 is 2.50 bits per heavy atom. The molecule has 2 saturated heterocycles. The lowest BCUT2D eigenvalue weighted by Crippen LogP contribution is -2.39. The van der Waals surface area contributed by atoms with Gasteiger partial charge < -0.3 is 14.7 Å². The highest BCUT2D eigenvalue weighted by Gasteiger charge is 2.25. The van der Waals surface area contributed by atoms with Gasteiger partial charge in [-0.05, 0) is 68.1 Å². The van der Waals surface area contributed by atoms with E-state index in [9.17, 15) is 22.7 Å². The van der Waals surface area contributed by atoms with E-state index in [1.165, 1.54) is 18.2 Å². The first-order valence-corrected chi connectivity index (χ1v) is 13.0. The number of nitrogens with zero attached hydrogens (tertiary/aromatic N) is 2. The summed E-state index contributed by atoms with van der Waals surface area (Å²) in [6, 6.07) is 9.16. The normalized spacial score (nSPS) is 18.1. The van der Waals surface area contributed by atoms with Crippen LogP contribution in [0.5, 0.6) is 0 Å². The number of morpholine rings is 1. The molecule has 0 radical (unpaired) electrons. The number of anilines is 2. The molecule has 2 N–H and O–H groups in total. The van der Waals surface area contributed by atoms with Crippen molar-refractivity contribution in [3.8, 4) is 0 Å². The van der Waals surface area contributed by atoms with Gasteiger partial charge in [-0.15, -0.1) is 0 Å². The van der Waals surface area contributed by atoms with Crippen LogP contribution in [0.2, 0.25) is 0 Å². The number of aromatic carboxylic acids is 1. The largest absolute Gasteiger partial charge is 0.478 e. The summed E-state index contributed by atoms with van der Waals surface area (Å²) in [5, 5.41) is 9.78. The first-order valence-electron chi connectivity index (χ1n) is 11.5. The van der Waals surface area contributed by atoms with Crippen LogP contribution in [0.15, 0.2) is 47.4 Å². The first kappa shape index (κ1) is 24.4. The second-order valence-corrected chi connectivity index (χ2v) is 10.5. The van der Waals surface area contributed by atoms with Gasteiger partial charge in [-0.1, -0.05) is 6.07 Å². The average Bonchev–Trinajstić information content (AvgIpc) is 2.83. The predicted molar refractivity (Wildman–Crippen MR) is 127 cm³/mol. The van der Waals surface area contributed by atoms with Crippen LogP contribution in [-0.4, -0.2) is 70.3 Å². The van der Waals surface area contributed by atoms with E-state index in [2.05, 4.69) is 14.5 Å². The van der Waals surface area contributed by atoms with Gasteiger partial charge in [-0.25, -0.2) is 17.6 Å². The minimum Gasteiger partial charge on any atom is -0.478 e. The summed E-state index contributed by atoms with van der Waals surface area (Å²) in [7, 11) is -4.05. The fourth-order valence-electron chi connectivity index (χ4n) is 4.55. The summed E-state index contributed by atoms with van der Waals surface area (Å²) >= 11 is 0. The van der Waals surface area contributed by atoms with Crippen molar-refractivity contribution in [3.63, 3.8) is 0 Å². The van der Waals surface area contributed by atoms with Crippen molar-refractivity contribution < 1.29 is 27.4 Å². The van der Waals surface area contributed by atoms with Crippen LogP contribution in [0.4, 0.5) is 15.8 Å². The number of halogens is 1. The minimum atomic E-state index is -4.05. The van der Waals surface area contributed by atoms with Crippen molar-refractivity contribution in [3.05, 3.63) is 53.8 Å². The number of carboxylic acid groups (broad SMARTS) is 1. The molecule has 0 amide bonds. The molecule has 0 aliphatic carbocycles. The van der Waals surface area contributed by atoms with Crippen LogP contribution in [0.3, 0.4) is 0 Å². The smallest absolute Gasteiger partial charge is 0.337 e. The minimum absolute atomic E-state index is 0.0335. The van der Waals surface area contributed by atoms with E-state index in [0.29, 0.717) is 11.6 Å². The maximum atomic E-state index is 13.5. The van der Waals surface area contributed by atoms with Gasteiger partial charge in [0.05, 0.1) is 29.4 Å². The number of sulfonamides is 1. The maximum Gasteiger partial charge on any atom is 0.337 e. The van der Waals surface area contributed by atoms with E-state index in [-0.39, 0.29) is 16.1 Å². The molecule has 8 nitrogen and oxygen atoms in total. The lowest BCUT2D eigenvalue weighted by atomic mass is 9.92. The highest BCUT2D eigenvalue weighted by Crippen LogP contribution is 2.30. The van der Waals surface area contributed by atoms with Crippen LogP contribution < -0.4 is 9.62 Å². The molecule has 0 bridgehead atoms. The Hall–Kier alpha value is -2.69. The van der Waals surface area contributed by atoms with E-state index in [1.54, 1.807) is 12.1 Å². The van der Waals surface area contributed by atoms with Crippen LogP contribution in [-0.2, 0) is 14.8 Å². The number of piperidine rings is 1. The molecule has 2 fully saturated rings. The predicted octanol–water partition coefficient (Wildman–Crippen LogP) is 3.26. The molecular formula is C24H30FN3O5S. The molecule has 0 unspecified atom stereocenters. The number of hydrogen-bond donors (Lipinski definition) is 2. The standard InChI is InChI=1S/C24H30FN3O5S/c25-19-2-1-3-21(16-19)34(31,32)26-20-4-5-23(22(17-20)24(29)30)28-10-7-18(8-11-28)6-9-27-12-14-33-15-13-27/h1-5,16-18,26H,6-15H2,(H,29,30). The lowest BCUT2D eigenvalue weighted by molar-refractivity contribution is 0.0349. The number of nitrogens with one attached hydrogen (secondary N) is 1. The molecule has 2 aromatic rings. The molecule has 10 heteroatoms. The number of hydrogen-bond acceptors (Lipinski definition) is 6. The van der Waals surface area contributed by atoms with Gasteiger partial charge in [0.15, 0.2) is 0 Å². The highest BCUT2D eigenvalue weighted by atomic mass is 32.2. The van der Waals surface area contributed by atoms with E-state index in [4.69, 9.17) is 4.74 Å². The second kappa shape index (κ2) is 10.7. The maximum absolute atomic E-state index is 13.5. The molecule has 0 spiro atoms. The molecule has 0 atom stereocenters. The average molecular weight is 492 g/mol.